The molecule has 3 nitrogen and oxygen atoms in total. The monoisotopic (exact) mass is 372 g/mol. The summed E-state index contributed by atoms with van der Waals surface area (Å²) in [5, 5.41) is 2.16. The minimum atomic E-state index is 0.483. The molecule has 28 heavy (non-hydrogen) atoms. The van der Waals surface area contributed by atoms with Gasteiger partial charge in [0.15, 0.2) is 0 Å². The molecule has 0 bridgehead atoms. The van der Waals surface area contributed by atoms with Crippen molar-refractivity contribution in [1.29, 1.82) is 0 Å². The van der Waals surface area contributed by atoms with Crippen LogP contribution in [-0.4, -0.2) is 9.97 Å². The van der Waals surface area contributed by atoms with Gasteiger partial charge in [0.2, 0.25) is 5.71 Å². The normalized spacial score (nSPS) is 13.1. The molecule has 0 aliphatic carbocycles. The number of benzene rings is 1. The second kappa shape index (κ2) is 7.38. The molecule has 3 aromatic heterocycles. The van der Waals surface area contributed by atoms with Crippen LogP contribution in [0.3, 0.4) is 0 Å². The molecule has 144 valence electrons. The van der Waals surface area contributed by atoms with E-state index in [0.29, 0.717) is 23.5 Å². The Kier molecular flexibility index (Phi) is 4.92. The van der Waals surface area contributed by atoms with Crippen LogP contribution in [0.25, 0.3) is 33.3 Å². The van der Waals surface area contributed by atoms with Gasteiger partial charge in [0.1, 0.15) is 5.58 Å². The lowest BCUT2D eigenvalue weighted by Crippen LogP contribution is -2.02. The number of hydrogen-bond donors (Lipinski definition) is 0. The Morgan fingerprint density at radius 2 is 1.75 bits per heavy atom. The van der Waals surface area contributed by atoms with Crippen LogP contribution in [-0.2, 0) is 6.42 Å². The van der Waals surface area contributed by atoms with E-state index >= 15 is 0 Å². The zero-order valence-corrected chi connectivity index (χ0v) is 17.4. The number of para-hydroxylation sites is 1. The fraction of sp³-hybridized carbons (Fsp3) is 0.360. The SMILES string of the molecule is CC(C)Cc1ccc2c(n1)oc1c(-c3cc(C(C)C(C)C)ccn3)cccc12. The molecular weight excluding hydrogens is 344 g/mol. The molecule has 0 saturated carbocycles. The molecule has 1 atom stereocenters. The Morgan fingerprint density at radius 3 is 2.50 bits per heavy atom. The molecular formula is C25H28N2O. The first-order valence-electron chi connectivity index (χ1n) is 10.2. The lowest BCUT2D eigenvalue weighted by atomic mass is 9.90. The predicted molar refractivity (Wildman–Crippen MR) is 117 cm³/mol. The van der Waals surface area contributed by atoms with Crippen molar-refractivity contribution in [3.63, 3.8) is 0 Å². The van der Waals surface area contributed by atoms with Crippen molar-refractivity contribution in [3.05, 3.63) is 59.9 Å². The standard InChI is InChI=1S/C25H28N2O/c1-15(2)13-19-9-10-21-20-7-6-8-22(24(20)28-25(21)27-19)23-14-18(11-12-26-23)17(5)16(3)4/h6-12,14-17H,13H2,1-5H3. The molecule has 0 saturated heterocycles. The van der Waals surface area contributed by atoms with Gasteiger partial charge in [-0.3, -0.25) is 4.98 Å². The lowest BCUT2D eigenvalue weighted by Gasteiger charge is -2.16. The summed E-state index contributed by atoms with van der Waals surface area (Å²) >= 11 is 0. The molecule has 4 aromatic rings. The Morgan fingerprint density at radius 1 is 0.929 bits per heavy atom. The maximum absolute atomic E-state index is 6.26. The minimum absolute atomic E-state index is 0.483. The number of aromatic nitrogens is 2. The van der Waals surface area contributed by atoms with Crippen molar-refractivity contribution in [3.8, 4) is 11.3 Å². The molecule has 0 aliphatic heterocycles. The van der Waals surface area contributed by atoms with Crippen LogP contribution in [0.2, 0.25) is 0 Å². The van der Waals surface area contributed by atoms with E-state index in [-0.39, 0.29) is 0 Å². The fourth-order valence-corrected chi connectivity index (χ4v) is 3.71. The highest BCUT2D eigenvalue weighted by Gasteiger charge is 2.16. The van der Waals surface area contributed by atoms with Gasteiger partial charge in [-0.25, -0.2) is 4.98 Å². The Balaban J connectivity index is 1.85. The summed E-state index contributed by atoms with van der Waals surface area (Å²) < 4.78 is 6.26. The minimum Gasteiger partial charge on any atom is -0.437 e. The fourth-order valence-electron chi connectivity index (χ4n) is 3.71. The first kappa shape index (κ1) is 18.7. The van der Waals surface area contributed by atoms with E-state index in [1.165, 1.54) is 5.56 Å². The summed E-state index contributed by atoms with van der Waals surface area (Å²) in [6.45, 7) is 11.2. The highest BCUT2D eigenvalue weighted by Crippen LogP contribution is 2.35. The van der Waals surface area contributed by atoms with Crippen LogP contribution < -0.4 is 0 Å². The summed E-state index contributed by atoms with van der Waals surface area (Å²) in [4.78, 5) is 9.42. The van der Waals surface area contributed by atoms with E-state index < -0.39 is 0 Å². The smallest absolute Gasteiger partial charge is 0.227 e. The Hall–Kier alpha value is -2.68. The molecule has 0 spiro atoms. The lowest BCUT2D eigenvalue weighted by molar-refractivity contribution is 0.535. The zero-order chi connectivity index (χ0) is 19.8. The van der Waals surface area contributed by atoms with Crippen molar-refractivity contribution in [2.75, 3.05) is 0 Å². The average Bonchev–Trinajstić information content (AvgIpc) is 3.04. The van der Waals surface area contributed by atoms with Gasteiger partial charge in [0.25, 0.3) is 0 Å². The molecule has 1 unspecified atom stereocenters. The second-order valence-electron chi connectivity index (χ2n) is 8.54. The van der Waals surface area contributed by atoms with E-state index in [1.54, 1.807) is 0 Å². The maximum atomic E-state index is 6.26. The third-order valence-electron chi connectivity index (χ3n) is 5.63. The van der Waals surface area contributed by atoms with Gasteiger partial charge >= 0.3 is 0 Å². The van der Waals surface area contributed by atoms with Gasteiger partial charge in [-0.2, -0.15) is 0 Å². The zero-order valence-electron chi connectivity index (χ0n) is 17.4. The average molecular weight is 373 g/mol. The molecule has 0 aliphatic rings. The molecule has 4 rings (SSSR count). The first-order valence-corrected chi connectivity index (χ1v) is 10.2. The topological polar surface area (TPSA) is 38.9 Å². The highest BCUT2D eigenvalue weighted by molar-refractivity contribution is 6.08. The highest BCUT2D eigenvalue weighted by atomic mass is 16.3. The van der Waals surface area contributed by atoms with Crippen molar-refractivity contribution in [2.45, 2.75) is 47.0 Å². The summed E-state index contributed by atoms with van der Waals surface area (Å²) in [5.74, 6) is 1.64. The summed E-state index contributed by atoms with van der Waals surface area (Å²) in [7, 11) is 0. The first-order chi connectivity index (χ1) is 13.4. The van der Waals surface area contributed by atoms with Crippen molar-refractivity contribution in [2.24, 2.45) is 11.8 Å². The van der Waals surface area contributed by atoms with Gasteiger partial charge in [0, 0.05) is 28.2 Å². The number of furan rings is 1. The van der Waals surface area contributed by atoms with E-state index in [0.717, 1.165) is 39.7 Å². The van der Waals surface area contributed by atoms with Crippen molar-refractivity contribution < 1.29 is 4.42 Å². The van der Waals surface area contributed by atoms with Crippen LogP contribution in [0.5, 0.6) is 0 Å². The number of nitrogens with zero attached hydrogens (tertiary/aromatic N) is 2. The van der Waals surface area contributed by atoms with Crippen LogP contribution in [0.4, 0.5) is 0 Å². The summed E-state index contributed by atoms with van der Waals surface area (Å²) in [5.41, 5.74) is 5.95. The van der Waals surface area contributed by atoms with Gasteiger partial charge < -0.3 is 4.42 Å². The molecule has 0 N–H and O–H groups in total. The van der Waals surface area contributed by atoms with E-state index in [2.05, 4.69) is 82.1 Å². The van der Waals surface area contributed by atoms with Crippen LogP contribution in [0, 0.1) is 11.8 Å². The van der Waals surface area contributed by atoms with Crippen molar-refractivity contribution in [1.82, 2.24) is 9.97 Å². The quantitative estimate of drug-likeness (QED) is 0.378. The van der Waals surface area contributed by atoms with Crippen LogP contribution in [0.1, 0.15) is 51.8 Å². The number of pyridine rings is 2. The Bertz CT molecular complexity index is 1120. The molecule has 1 aromatic carbocycles. The molecule has 0 fully saturated rings. The number of fused-ring (bicyclic) bond motifs is 3. The Labute approximate surface area is 166 Å². The van der Waals surface area contributed by atoms with Gasteiger partial charge in [-0.15, -0.1) is 0 Å². The third kappa shape index (κ3) is 3.42. The number of hydrogen-bond acceptors (Lipinski definition) is 3. The molecule has 0 radical (unpaired) electrons. The van der Waals surface area contributed by atoms with Crippen LogP contribution >= 0.6 is 0 Å². The molecule has 3 heterocycles. The van der Waals surface area contributed by atoms with E-state index in [1.807, 2.05) is 6.20 Å². The summed E-state index contributed by atoms with van der Waals surface area (Å²) in [6.07, 6.45) is 2.86. The van der Waals surface area contributed by atoms with Gasteiger partial charge in [-0.05, 0) is 60.1 Å². The van der Waals surface area contributed by atoms with Crippen molar-refractivity contribution >= 4 is 22.1 Å². The largest absolute Gasteiger partial charge is 0.437 e. The second-order valence-corrected chi connectivity index (χ2v) is 8.54. The van der Waals surface area contributed by atoms with E-state index in [4.69, 9.17) is 9.40 Å². The van der Waals surface area contributed by atoms with Crippen LogP contribution in [0.15, 0.2) is 53.1 Å². The van der Waals surface area contributed by atoms with Gasteiger partial charge in [0.05, 0.1) is 5.69 Å². The van der Waals surface area contributed by atoms with E-state index in [9.17, 15) is 0 Å². The van der Waals surface area contributed by atoms with Gasteiger partial charge in [-0.1, -0.05) is 46.8 Å². The third-order valence-corrected chi connectivity index (χ3v) is 5.63. The maximum Gasteiger partial charge on any atom is 0.227 e. The molecule has 3 heteroatoms. The molecule has 0 amide bonds. The summed E-state index contributed by atoms with van der Waals surface area (Å²) in [6, 6.07) is 14.8. The predicted octanol–water partition coefficient (Wildman–Crippen LogP) is 7.00. The number of rotatable bonds is 5.